The van der Waals surface area contributed by atoms with Crippen LogP contribution < -0.4 is 15.5 Å². The second-order valence-electron chi connectivity index (χ2n) is 7.71. The van der Waals surface area contributed by atoms with Crippen LogP contribution in [-0.2, 0) is 9.53 Å². The molecule has 0 spiro atoms. The molecule has 8 nitrogen and oxygen atoms in total. The van der Waals surface area contributed by atoms with Crippen LogP contribution in [0.25, 0.3) is 0 Å². The van der Waals surface area contributed by atoms with E-state index < -0.39 is 12.0 Å². The minimum Gasteiger partial charge on any atom is -0.467 e. The summed E-state index contributed by atoms with van der Waals surface area (Å²) in [7, 11) is 0. The van der Waals surface area contributed by atoms with Gasteiger partial charge in [-0.05, 0) is 37.6 Å². The first-order valence-corrected chi connectivity index (χ1v) is 10.6. The maximum absolute atomic E-state index is 12.8. The molecule has 2 aliphatic rings. The lowest BCUT2D eigenvalue weighted by Crippen LogP contribution is -2.51. The number of ether oxygens (including phenoxy) is 1. The number of aryl methyl sites for hydroxylation is 1. The Bertz CT molecular complexity index is 962. The maximum atomic E-state index is 12.8. The molecule has 0 unspecified atom stereocenters. The van der Waals surface area contributed by atoms with Gasteiger partial charge in [-0.2, -0.15) is 0 Å². The lowest BCUT2D eigenvalue weighted by molar-refractivity contribution is -0.139. The number of nitrogens with one attached hydrogen (secondary N) is 2. The Balaban J connectivity index is 1.53. The van der Waals surface area contributed by atoms with Crippen molar-refractivity contribution in [1.29, 1.82) is 0 Å². The fourth-order valence-electron chi connectivity index (χ4n) is 4.15. The predicted molar refractivity (Wildman–Crippen MR) is 117 cm³/mol. The number of carbonyl (C=O) groups excluding carboxylic acids is 2. The fourth-order valence-corrected chi connectivity index (χ4v) is 4.15. The van der Waals surface area contributed by atoms with E-state index in [4.69, 9.17) is 9.15 Å². The molecule has 0 bridgehead atoms. The van der Waals surface area contributed by atoms with Gasteiger partial charge < -0.3 is 24.7 Å². The molecule has 0 saturated carbocycles. The lowest BCUT2D eigenvalue weighted by Gasteiger charge is -2.38. The first-order chi connectivity index (χ1) is 15.1. The second-order valence-corrected chi connectivity index (χ2v) is 7.71. The number of carbonyl (C=O) groups is 2. The molecule has 0 aliphatic carbocycles. The molecule has 2 aromatic rings. The number of nitrogens with zero attached hydrogens (tertiary/aromatic N) is 2. The normalized spacial score (nSPS) is 19.7. The highest BCUT2D eigenvalue weighted by Crippen LogP contribution is 2.29. The molecule has 2 N–H and O–H groups in total. The average molecular weight is 425 g/mol. The van der Waals surface area contributed by atoms with E-state index in [1.807, 2.05) is 6.07 Å². The Morgan fingerprint density at radius 3 is 2.61 bits per heavy atom. The molecule has 1 aromatic heterocycles. The number of rotatable bonds is 6. The number of hydrogen-bond acceptors (Lipinski definition) is 6. The quantitative estimate of drug-likeness (QED) is 0.693. The highest BCUT2D eigenvalue weighted by molar-refractivity contribution is 5.95. The van der Waals surface area contributed by atoms with Crippen molar-refractivity contribution in [2.45, 2.75) is 19.9 Å². The summed E-state index contributed by atoms with van der Waals surface area (Å²) in [6, 6.07) is 10.8. The number of benzene rings is 1. The molecule has 0 radical (unpaired) electrons. The van der Waals surface area contributed by atoms with Crippen molar-refractivity contribution in [1.82, 2.24) is 15.5 Å². The maximum Gasteiger partial charge on any atom is 0.338 e. The third-order valence-corrected chi connectivity index (χ3v) is 5.69. The van der Waals surface area contributed by atoms with Gasteiger partial charge in [0.05, 0.1) is 18.4 Å². The highest BCUT2D eigenvalue weighted by Gasteiger charge is 2.36. The van der Waals surface area contributed by atoms with Crippen molar-refractivity contribution in [2.75, 3.05) is 44.2 Å². The molecule has 2 amide bonds. The number of esters is 1. The summed E-state index contributed by atoms with van der Waals surface area (Å²) in [6.45, 7) is 7.99. The fraction of sp³-hybridized carbons (Fsp3) is 0.391. The van der Waals surface area contributed by atoms with Crippen molar-refractivity contribution in [2.24, 2.45) is 0 Å². The largest absolute Gasteiger partial charge is 0.467 e. The van der Waals surface area contributed by atoms with Crippen molar-refractivity contribution in [3.8, 4) is 0 Å². The molecule has 1 saturated heterocycles. The van der Waals surface area contributed by atoms with Gasteiger partial charge in [0.2, 0.25) is 0 Å². The first kappa shape index (κ1) is 21.0. The summed E-state index contributed by atoms with van der Waals surface area (Å²) in [5.41, 5.74) is 3.46. The second kappa shape index (κ2) is 9.26. The number of piperazine rings is 1. The van der Waals surface area contributed by atoms with E-state index in [1.165, 1.54) is 17.5 Å². The highest BCUT2D eigenvalue weighted by atomic mass is 16.5. The van der Waals surface area contributed by atoms with E-state index >= 15 is 0 Å². The number of amides is 2. The van der Waals surface area contributed by atoms with Crippen LogP contribution in [0.4, 0.5) is 10.5 Å². The Morgan fingerprint density at radius 1 is 1.16 bits per heavy atom. The summed E-state index contributed by atoms with van der Waals surface area (Å²) in [6.07, 6.45) is 1.52. The van der Waals surface area contributed by atoms with Crippen molar-refractivity contribution >= 4 is 17.7 Å². The van der Waals surface area contributed by atoms with E-state index in [0.717, 1.165) is 26.2 Å². The molecule has 1 aromatic carbocycles. The van der Waals surface area contributed by atoms with Crippen LogP contribution in [0.15, 0.2) is 58.3 Å². The smallest absolute Gasteiger partial charge is 0.338 e. The topological polar surface area (TPSA) is 87.0 Å². The summed E-state index contributed by atoms with van der Waals surface area (Å²) in [5.74, 6) is 0.0460. The van der Waals surface area contributed by atoms with Crippen LogP contribution in [0.2, 0.25) is 0 Å². The Kier molecular flexibility index (Phi) is 6.27. The molecule has 4 rings (SSSR count). The minimum absolute atomic E-state index is 0.254. The summed E-state index contributed by atoms with van der Waals surface area (Å²) in [4.78, 5) is 29.8. The molecule has 1 fully saturated rings. The first-order valence-electron chi connectivity index (χ1n) is 10.6. The SMILES string of the molecule is CCOC(=O)C1=C(CN2CCN(c3ccccc3C)CC2)NC(=O)N[C@H]1c1ccco1. The molecule has 3 heterocycles. The average Bonchev–Trinajstić information content (AvgIpc) is 3.29. The van der Waals surface area contributed by atoms with Gasteiger partial charge in [-0.15, -0.1) is 0 Å². The zero-order valence-corrected chi connectivity index (χ0v) is 17.9. The van der Waals surface area contributed by atoms with E-state index in [1.54, 1.807) is 19.1 Å². The van der Waals surface area contributed by atoms with E-state index in [2.05, 4.69) is 45.6 Å². The molecule has 164 valence electrons. The summed E-state index contributed by atoms with van der Waals surface area (Å²) in [5, 5.41) is 5.61. The van der Waals surface area contributed by atoms with Crippen molar-refractivity contribution in [3.05, 3.63) is 65.3 Å². The van der Waals surface area contributed by atoms with Gasteiger partial charge in [0, 0.05) is 44.1 Å². The van der Waals surface area contributed by atoms with E-state index in [0.29, 0.717) is 23.6 Å². The van der Waals surface area contributed by atoms with Gasteiger partial charge >= 0.3 is 12.0 Å². The molecule has 2 aliphatic heterocycles. The number of furan rings is 1. The number of urea groups is 1. The lowest BCUT2D eigenvalue weighted by atomic mass is 9.99. The molecular weight excluding hydrogens is 396 g/mol. The van der Waals surface area contributed by atoms with Crippen molar-refractivity contribution < 1.29 is 18.7 Å². The van der Waals surface area contributed by atoms with Crippen molar-refractivity contribution in [3.63, 3.8) is 0 Å². The monoisotopic (exact) mass is 424 g/mol. The van der Waals surface area contributed by atoms with E-state index in [9.17, 15) is 9.59 Å². The van der Waals surface area contributed by atoms with Crippen LogP contribution in [-0.4, -0.2) is 56.2 Å². The Labute approximate surface area is 181 Å². The molecule has 1 atom stereocenters. The van der Waals surface area contributed by atoms with Gasteiger partial charge in [0.1, 0.15) is 11.8 Å². The Morgan fingerprint density at radius 2 is 1.94 bits per heavy atom. The predicted octanol–water partition coefficient (Wildman–Crippen LogP) is 2.58. The third-order valence-electron chi connectivity index (χ3n) is 5.69. The van der Waals surface area contributed by atoms with E-state index in [-0.39, 0.29) is 12.6 Å². The van der Waals surface area contributed by atoms with Gasteiger partial charge in [-0.25, -0.2) is 9.59 Å². The number of anilines is 1. The Hall–Kier alpha value is -3.26. The van der Waals surface area contributed by atoms with Gasteiger partial charge in [-0.3, -0.25) is 4.90 Å². The summed E-state index contributed by atoms with van der Waals surface area (Å²) >= 11 is 0. The van der Waals surface area contributed by atoms with Crippen LogP contribution in [0.5, 0.6) is 0 Å². The zero-order chi connectivity index (χ0) is 21.8. The van der Waals surface area contributed by atoms with Gasteiger partial charge in [-0.1, -0.05) is 18.2 Å². The number of para-hydroxylation sites is 1. The summed E-state index contributed by atoms with van der Waals surface area (Å²) < 4.78 is 10.8. The zero-order valence-electron chi connectivity index (χ0n) is 17.9. The number of hydrogen-bond donors (Lipinski definition) is 2. The van der Waals surface area contributed by atoms with Crippen LogP contribution in [0.3, 0.4) is 0 Å². The van der Waals surface area contributed by atoms with Crippen LogP contribution in [0.1, 0.15) is 24.3 Å². The standard InChI is InChI=1S/C23H28N4O4/c1-3-30-22(28)20-17(24-23(29)25-21(20)19-9-6-14-31-19)15-26-10-12-27(13-11-26)18-8-5-4-7-16(18)2/h4-9,14,21H,3,10-13,15H2,1-2H3,(H2,24,25,29)/t21-/m0/s1. The minimum atomic E-state index is -0.675. The van der Waals surface area contributed by atoms with Crippen LogP contribution in [0, 0.1) is 6.92 Å². The van der Waals surface area contributed by atoms with Gasteiger partial charge in [0.15, 0.2) is 0 Å². The molecular formula is C23H28N4O4. The third kappa shape index (κ3) is 4.59. The molecule has 31 heavy (non-hydrogen) atoms. The molecule has 8 heteroatoms. The van der Waals surface area contributed by atoms with Gasteiger partial charge in [0.25, 0.3) is 0 Å². The van der Waals surface area contributed by atoms with Crippen LogP contribution >= 0.6 is 0 Å².